The van der Waals surface area contributed by atoms with E-state index in [0.29, 0.717) is 24.9 Å². The lowest BCUT2D eigenvalue weighted by molar-refractivity contribution is 0.146. The average Bonchev–Trinajstić information content (AvgIpc) is 3.33. The molecule has 1 aromatic carbocycles. The summed E-state index contributed by atoms with van der Waals surface area (Å²) in [6.07, 6.45) is 2.03. The Labute approximate surface area is 144 Å². The number of nitrogens with two attached hydrogens (primary N) is 1. The number of hydrogen-bond acceptors (Lipinski definition) is 5. The molecule has 0 spiro atoms. The summed E-state index contributed by atoms with van der Waals surface area (Å²) >= 11 is 0. The SMILES string of the molecule is COCCOc1ccc(S(=O)(=O)NC(C)(CN)C2CC2)cc1.Cl. The fourth-order valence-corrected chi connectivity index (χ4v) is 3.81. The van der Waals surface area contributed by atoms with Crippen LogP contribution in [0.25, 0.3) is 0 Å². The molecular formula is C15H25ClN2O4S. The lowest BCUT2D eigenvalue weighted by atomic mass is 9.98. The van der Waals surface area contributed by atoms with Crippen molar-refractivity contribution in [1.29, 1.82) is 0 Å². The van der Waals surface area contributed by atoms with E-state index in [0.717, 1.165) is 12.8 Å². The minimum Gasteiger partial charge on any atom is -0.491 e. The molecule has 132 valence electrons. The van der Waals surface area contributed by atoms with E-state index in [1.165, 1.54) is 12.1 Å². The third-order valence-electron chi connectivity index (χ3n) is 3.96. The van der Waals surface area contributed by atoms with Gasteiger partial charge in [0, 0.05) is 19.2 Å². The first-order valence-corrected chi connectivity index (χ1v) is 8.85. The van der Waals surface area contributed by atoms with Gasteiger partial charge in [0.25, 0.3) is 0 Å². The first-order chi connectivity index (χ1) is 10.4. The van der Waals surface area contributed by atoms with Crippen molar-refractivity contribution in [3.05, 3.63) is 24.3 Å². The van der Waals surface area contributed by atoms with Crippen LogP contribution in [0.5, 0.6) is 5.75 Å². The largest absolute Gasteiger partial charge is 0.491 e. The molecule has 1 saturated carbocycles. The lowest BCUT2D eigenvalue weighted by Crippen LogP contribution is -2.52. The Morgan fingerprint density at radius 1 is 1.26 bits per heavy atom. The van der Waals surface area contributed by atoms with E-state index in [9.17, 15) is 8.42 Å². The minimum atomic E-state index is -3.59. The number of halogens is 1. The smallest absolute Gasteiger partial charge is 0.241 e. The Bertz CT molecular complexity index is 590. The summed E-state index contributed by atoms with van der Waals surface area (Å²) < 4.78 is 38.0. The van der Waals surface area contributed by atoms with E-state index >= 15 is 0 Å². The number of rotatable bonds is 9. The van der Waals surface area contributed by atoms with Gasteiger partial charge in [0.15, 0.2) is 0 Å². The van der Waals surface area contributed by atoms with Gasteiger partial charge in [-0.05, 0) is 49.9 Å². The Kier molecular flexibility index (Phi) is 7.29. The molecule has 1 aliphatic carbocycles. The highest BCUT2D eigenvalue weighted by molar-refractivity contribution is 7.89. The normalized spacial score (nSPS) is 17.2. The van der Waals surface area contributed by atoms with Gasteiger partial charge < -0.3 is 15.2 Å². The summed E-state index contributed by atoms with van der Waals surface area (Å²) in [5.74, 6) is 0.934. The first kappa shape index (κ1) is 20.2. The summed E-state index contributed by atoms with van der Waals surface area (Å²) in [6, 6.07) is 6.35. The van der Waals surface area contributed by atoms with Crippen molar-refractivity contribution in [3.8, 4) is 5.75 Å². The molecule has 0 bridgehead atoms. The van der Waals surface area contributed by atoms with E-state index in [-0.39, 0.29) is 23.8 Å². The molecule has 1 unspecified atom stereocenters. The highest BCUT2D eigenvalue weighted by Crippen LogP contribution is 2.39. The maximum atomic E-state index is 12.5. The lowest BCUT2D eigenvalue weighted by Gasteiger charge is -2.29. The van der Waals surface area contributed by atoms with E-state index < -0.39 is 15.6 Å². The van der Waals surface area contributed by atoms with Crippen LogP contribution in [0.3, 0.4) is 0 Å². The van der Waals surface area contributed by atoms with Crippen molar-refractivity contribution >= 4 is 22.4 Å². The summed E-state index contributed by atoms with van der Waals surface area (Å²) in [7, 11) is -1.99. The second-order valence-corrected chi connectivity index (χ2v) is 7.50. The summed E-state index contributed by atoms with van der Waals surface area (Å²) in [5.41, 5.74) is 5.19. The molecule has 0 aromatic heterocycles. The molecule has 2 rings (SSSR count). The number of nitrogens with one attached hydrogen (secondary N) is 1. The van der Waals surface area contributed by atoms with Gasteiger partial charge in [-0.2, -0.15) is 0 Å². The molecule has 0 aliphatic heterocycles. The molecule has 0 saturated heterocycles. The van der Waals surface area contributed by atoms with Crippen LogP contribution >= 0.6 is 12.4 Å². The zero-order valence-corrected chi connectivity index (χ0v) is 15.1. The van der Waals surface area contributed by atoms with E-state index in [2.05, 4.69) is 4.72 Å². The number of benzene rings is 1. The third kappa shape index (κ3) is 5.32. The zero-order chi connectivity index (χ0) is 16.2. The van der Waals surface area contributed by atoms with Crippen molar-refractivity contribution in [2.75, 3.05) is 26.9 Å². The zero-order valence-electron chi connectivity index (χ0n) is 13.4. The topological polar surface area (TPSA) is 90.6 Å². The van der Waals surface area contributed by atoms with Crippen LogP contribution in [0, 0.1) is 5.92 Å². The fourth-order valence-electron chi connectivity index (χ4n) is 2.34. The molecule has 8 heteroatoms. The van der Waals surface area contributed by atoms with Gasteiger partial charge >= 0.3 is 0 Å². The molecule has 0 amide bonds. The molecule has 1 atom stereocenters. The van der Waals surface area contributed by atoms with E-state index in [1.54, 1.807) is 19.2 Å². The molecule has 6 nitrogen and oxygen atoms in total. The van der Waals surface area contributed by atoms with Gasteiger partial charge in [0.1, 0.15) is 12.4 Å². The Hall–Kier alpha value is -0.860. The predicted molar refractivity (Wildman–Crippen MR) is 91.6 cm³/mol. The molecule has 0 radical (unpaired) electrons. The second-order valence-electron chi connectivity index (χ2n) is 5.81. The Balaban J connectivity index is 0.00000264. The molecule has 1 fully saturated rings. The summed E-state index contributed by atoms with van der Waals surface area (Å²) in [6.45, 7) is 3.06. The number of ether oxygens (including phenoxy) is 2. The Morgan fingerprint density at radius 2 is 1.87 bits per heavy atom. The Morgan fingerprint density at radius 3 is 2.35 bits per heavy atom. The van der Waals surface area contributed by atoms with Gasteiger partial charge in [0.05, 0.1) is 11.5 Å². The fraction of sp³-hybridized carbons (Fsp3) is 0.600. The van der Waals surface area contributed by atoms with Gasteiger partial charge in [0.2, 0.25) is 10.0 Å². The molecule has 1 aromatic rings. The van der Waals surface area contributed by atoms with Crippen molar-refractivity contribution in [1.82, 2.24) is 4.72 Å². The predicted octanol–water partition coefficient (Wildman–Crippen LogP) is 1.54. The van der Waals surface area contributed by atoms with Crippen LogP contribution in [-0.2, 0) is 14.8 Å². The van der Waals surface area contributed by atoms with Gasteiger partial charge in [-0.1, -0.05) is 0 Å². The second kappa shape index (κ2) is 8.30. The molecule has 3 N–H and O–H groups in total. The van der Waals surface area contributed by atoms with Crippen LogP contribution in [0.2, 0.25) is 0 Å². The first-order valence-electron chi connectivity index (χ1n) is 7.37. The monoisotopic (exact) mass is 364 g/mol. The van der Waals surface area contributed by atoms with Crippen LogP contribution in [0.1, 0.15) is 19.8 Å². The van der Waals surface area contributed by atoms with Crippen LogP contribution in [-0.4, -0.2) is 40.8 Å². The van der Waals surface area contributed by atoms with Crippen LogP contribution < -0.4 is 15.2 Å². The summed E-state index contributed by atoms with van der Waals surface area (Å²) in [4.78, 5) is 0.215. The van der Waals surface area contributed by atoms with Gasteiger partial charge in [-0.15, -0.1) is 12.4 Å². The van der Waals surface area contributed by atoms with Crippen LogP contribution in [0.15, 0.2) is 29.2 Å². The standard InChI is InChI=1S/C15H24N2O4S.ClH/c1-15(11-16,12-3-4-12)17-22(18,19)14-7-5-13(6-8-14)21-10-9-20-2;/h5-8,12,17H,3-4,9-11,16H2,1-2H3;1H. The summed E-state index contributed by atoms with van der Waals surface area (Å²) in [5, 5.41) is 0. The quantitative estimate of drug-likeness (QED) is 0.648. The molecule has 23 heavy (non-hydrogen) atoms. The van der Waals surface area contributed by atoms with Gasteiger partial charge in [-0.3, -0.25) is 0 Å². The molecular weight excluding hydrogens is 340 g/mol. The maximum absolute atomic E-state index is 12.5. The van der Waals surface area contributed by atoms with Crippen molar-refractivity contribution in [2.45, 2.75) is 30.2 Å². The number of methoxy groups -OCH3 is 1. The highest BCUT2D eigenvalue weighted by Gasteiger charge is 2.43. The molecule has 0 heterocycles. The number of hydrogen-bond donors (Lipinski definition) is 2. The van der Waals surface area contributed by atoms with Gasteiger partial charge in [-0.25, -0.2) is 13.1 Å². The van der Waals surface area contributed by atoms with Crippen LogP contribution in [0.4, 0.5) is 0 Å². The maximum Gasteiger partial charge on any atom is 0.241 e. The third-order valence-corrected chi connectivity index (χ3v) is 5.59. The van der Waals surface area contributed by atoms with E-state index in [4.69, 9.17) is 15.2 Å². The molecule has 1 aliphatic rings. The van der Waals surface area contributed by atoms with Crippen molar-refractivity contribution in [3.63, 3.8) is 0 Å². The van der Waals surface area contributed by atoms with E-state index in [1.807, 2.05) is 6.92 Å². The van der Waals surface area contributed by atoms with Crippen molar-refractivity contribution in [2.24, 2.45) is 11.7 Å². The number of sulfonamides is 1. The highest BCUT2D eigenvalue weighted by atomic mass is 35.5. The average molecular weight is 365 g/mol. The minimum absolute atomic E-state index is 0. The van der Waals surface area contributed by atoms with Crippen molar-refractivity contribution < 1.29 is 17.9 Å².